The van der Waals surface area contributed by atoms with Crippen LogP contribution in [-0.4, -0.2) is 7.11 Å². The van der Waals surface area contributed by atoms with E-state index in [0.717, 1.165) is 11.4 Å². The molecule has 2 N–H and O–H groups in total. The minimum Gasteiger partial charge on any atom is -0.497 e. The third-order valence-electron chi connectivity index (χ3n) is 2.58. The zero-order valence-electron chi connectivity index (χ0n) is 11.3. The zero-order chi connectivity index (χ0) is 13.4. The summed E-state index contributed by atoms with van der Waals surface area (Å²) in [5.41, 5.74) is 7.60. The molecule has 2 heteroatoms. The van der Waals surface area contributed by atoms with Crippen LogP contribution >= 0.6 is 0 Å². The first-order valence-electron chi connectivity index (χ1n) is 6.08. The van der Waals surface area contributed by atoms with Gasteiger partial charge in [-0.15, -0.1) is 0 Å². The van der Waals surface area contributed by atoms with Gasteiger partial charge in [0.1, 0.15) is 5.75 Å². The van der Waals surface area contributed by atoms with E-state index in [1.807, 2.05) is 18.2 Å². The Morgan fingerprint density at radius 2 is 1.44 bits per heavy atom. The van der Waals surface area contributed by atoms with Crippen molar-refractivity contribution in [2.45, 2.75) is 19.8 Å². The zero-order valence-corrected chi connectivity index (χ0v) is 11.3. The monoisotopic (exact) mass is 243 g/mol. The third-order valence-corrected chi connectivity index (χ3v) is 2.58. The largest absolute Gasteiger partial charge is 0.497 e. The highest BCUT2D eigenvalue weighted by Gasteiger charge is 1.93. The van der Waals surface area contributed by atoms with Gasteiger partial charge in [-0.1, -0.05) is 44.2 Å². The quantitative estimate of drug-likeness (QED) is 0.806. The average molecular weight is 243 g/mol. The van der Waals surface area contributed by atoms with Gasteiger partial charge >= 0.3 is 0 Å². The van der Waals surface area contributed by atoms with Crippen LogP contribution in [0.3, 0.4) is 0 Å². The molecule has 0 radical (unpaired) electrons. The predicted molar refractivity (Wildman–Crippen MR) is 77.9 cm³/mol. The molecule has 0 amide bonds. The Kier molecular flexibility index (Phi) is 5.78. The van der Waals surface area contributed by atoms with Crippen molar-refractivity contribution in [1.82, 2.24) is 0 Å². The van der Waals surface area contributed by atoms with Gasteiger partial charge in [-0.3, -0.25) is 0 Å². The van der Waals surface area contributed by atoms with Crippen LogP contribution in [0.15, 0.2) is 54.6 Å². The molecule has 0 fully saturated rings. The highest BCUT2D eigenvalue weighted by molar-refractivity contribution is 5.41. The van der Waals surface area contributed by atoms with Crippen LogP contribution in [0.4, 0.5) is 5.69 Å². The molecule has 0 unspecified atom stereocenters. The fourth-order valence-corrected chi connectivity index (χ4v) is 1.44. The molecule has 0 aliphatic rings. The molecule has 0 heterocycles. The Labute approximate surface area is 109 Å². The molecule has 0 atom stereocenters. The second-order valence-electron chi connectivity index (χ2n) is 4.34. The first-order chi connectivity index (χ1) is 8.63. The summed E-state index contributed by atoms with van der Waals surface area (Å²) in [4.78, 5) is 0. The fraction of sp³-hybridized carbons (Fsp3) is 0.250. The number of benzene rings is 2. The molecular formula is C16H21NO. The van der Waals surface area contributed by atoms with Crippen LogP contribution in [0, 0.1) is 0 Å². The lowest BCUT2D eigenvalue weighted by atomic mass is 10.0. The van der Waals surface area contributed by atoms with E-state index in [0.29, 0.717) is 5.92 Å². The van der Waals surface area contributed by atoms with Gasteiger partial charge in [0.2, 0.25) is 0 Å². The summed E-state index contributed by atoms with van der Waals surface area (Å²) in [7, 11) is 1.63. The Hall–Kier alpha value is -1.96. The van der Waals surface area contributed by atoms with Crippen LogP contribution in [0.25, 0.3) is 0 Å². The first kappa shape index (κ1) is 14.1. The van der Waals surface area contributed by atoms with Crippen molar-refractivity contribution in [3.63, 3.8) is 0 Å². The van der Waals surface area contributed by atoms with Crippen LogP contribution in [0.5, 0.6) is 5.75 Å². The highest BCUT2D eigenvalue weighted by atomic mass is 16.5. The number of ether oxygens (including phenoxy) is 1. The number of anilines is 1. The molecule has 0 saturated carbocycles. The smallest absolute Gasteiger partial charge is 0.119 e. The normalized spacial score (nSPS) is 9.56. The molecule has 2 rings (SSSR count). The van der Waals surface area contributed by atoms with Crippen molar-refractivity contribution >= 4 is 5.69 Å². The molecule has 2 nitrogen and oxygen atoms in total. The lowest BCUT2D eigenvalue weighted by Crippen LogP contribution is -1.84. The number of hydrogen-bond donors (Lipinski definition) is 1. The topological polar surface area (TPSA) is 35.2 Å². The van der Waals surface area contributed by atoms with E-state index in [1.54, 1.807) is 19.2 Å². The Balaban J connectivity index is 0.000000180. The van der Waals surface area contributed by atoms with Crippen molar-refractivity contribution in [2.24, 2.45) is 0 Å². The second kappa shape index (κ2) is 7.38. The van der Waals surface area contributed by atoms with Crippen molar-refractivity contribution in [1.29, 1.82) is 0 Å². The van der Waals surface area contributed by atoms with E-state index in [2.05, 4.69) is 38.1 Å². The molecule has 2 aromatic carbocycles. The van der Waals surface area contributed by atoms with Gasteiger partial charge in [-0.05, 0) is 35.7 Å². The van der Waals surface area contributed by atoms with Gasteiger partial charge in [-0.2, -0.15) is 0 Å². The minimum absolute atomic E-state index is 0.659. The molecule has 0 aromatic heterocycles. The van der Waals surface area contributed by atoms with Gasteiger partial charge in [-0.25, -0.2) is 0 Å². The molecule has 0 aliphatic carbocycles. The number of methoxy groups -OCH3 is 1. The summed E-state index contributed by atoms with van der Waals surface area (Å²) in [5, 5.41) is 0. The van der Waals surface area contributed by atoms with E-state index in [1.165, 1.54) is 5.56 Å². The van der Waals surface area contributed by atoms with Gasteiger partial charge < -0.3 is 10.5 Å². The van der Waals surface area contributed by atoms with Crippen molar-refractivity contribution in [3.05, 3.63) is 60.2 Å². The first-order valence-corrected chi connectivity index (χ1v) is 6.08. The fourth-order valence-electron chi connectivity index (χ4n) is 1.44. The molecule has 0 spiro atoms. The summed E-state index contributed by atoms with van der Waals surface area (Å²) in [6, 6.07) is 17.8. The van der Waals surface area contributed by atoms with Crippen molar-refractivity contribution in [2.75, 3.05) is 12.8 Å². The Morgan fingerprint density at radius 3 is 1.83 bits per heavy atom. The summed E-state index contributed by atoms with van der Waals surface area (Å²) < 4.78 is 4.91. The summed E-state index contributed by atoms with van der Waals surface area (Å²) in [6.45, 7) is 4.41. The van der Waals surface area contributed by atoms with Crippen molar-refractivity contribution in [3.8, 4) is 5.75 Å². The summed E-state index contributed by atoms with van der Waals surface area (Å²) >= 11 is 0. The van der Waals surface area contributed by atoms with Gasteiger partial charge in [0.25, 0.3) is 0 Å². The van der Waals surface area contributed by atoms with E-state index < -0.39 is 0 Å². The molecule has 0 aliphatic heterocycles. The Bertz CT molecular complexity index is 434. The van der Waals surface area contributed by atoms with Crippen LogP contribution < -0.4 is 10.5 Å². The number of hydrogen-bond acceptors (Lipinski definition) is 2. The standard InChI is InChI=1S/C9H12.C7H9NO/c1-8(2)9-6-4-3-5-7-9;1-9-7-4-2-6(8)3-5-7/h3-8H,1-2H3;2-5H,8H2,1H3. The Morgan fingerprint density at radius 1 is 0.889 bits per heavy atom. The van der Waals surface area contributed by atoms with E-state index in [-0.39, 0.29) is 0 Å². The summed E-state index contributed by atoms with van der Waals surface area (Å²) in [5.74, 6) is 1.50. The average Bonchev–Trinajstić information content (AvgIpc) is 2.41. The van der Waals surface area contributed by atoms with Crippen LogP contribution in [0.1, 0.15) is 25.3 Å². The second-order valence-corrected chi connectivity index (χ2v) is 4.34. The highest BCUT2D eigenvalue weighted by Crippen LogP contribution is 2.12. The molecule has 96 valence electrons. The van der Waals surface area contributed by atoms with E-state index in [4.69, 9.17) is 10.5 Å². The molecular weight excluding hydrogens is 222 g/mol. The van der Waals surface area contributed by atoms with E-state index >= 15 is 0 Å². The maximum absolute atomic E-state index is 5.43. The maximum atomic E-state index is 5.43. The van der Waals surface area contributed by atoms with Gasteiger partial charge in [0.15, 0.2) is 0 Å². The predicted octanol–water partition coefficient (Wildman–Crippen LogP) is 4.09. The molecule has 18 heavy (non-hydrogen) atoms. The lowest BCUT2D eigenvalue weighted by Gasteiger charge is -2.01. The molecule has 0 bridgehead atoms. The van der Waals surface area contributed by atoms with E-state index in [9.17, 15) is 0 Å². The van der Waals surface area contributed by atoms with Crippen molar-refractivity contribution < 1.29 is 4.74 Å². The number of nitrogens with two attached hydrogens (primary N) is 1. The van der Waals surface area contributed by atoms with Crippen LogP contribution in [-0.2, 0) is 0 Å². The van der Waals surface area contributed by atoms with Gasteiger partial charge in [0, 0.05) is 5.69 Å². The molecule has 0 saturated heterocycles. The number of rotatable bonds is 2. The summed E-state index contributed by atoms with van der Waals surface area (Å²) in [6.07, 6.45) is 0. The van der Waals surface area contributed by atoms with Gasteiger partial charge in [0.05, 0.1) is 7.11 Å². The maximum Gasteiger partial charge on any atom is 0.119 e. The van der Waals surface area contributed by atoms with Crippen LogP contribution in [0.2, 0.25) is 0 Å². The minimum atomic E-state index is 0.659. The lowest BCUT2D eigenvalue weighted by molar-refractivity contribution is 0.415. The third kappa shape index (κ3) is 4.91. The number of nitrogen functional groups attached to an aromatic ring is 1. The SMILES string of the molecule is CC(C)c1ccccc1.COc1ccc(N)cc1. The molecule has 2 aromatic rings.